The molecule has 3 N–H and O–H groups in total. The average molecular weight is 274 g/mol. The van der Waals surface area contributed by atoms with E-state index in [1.165, 1.54) is 0 Å². The van der Waals surface area contributed by atoms with Crippen LogP contribution in [0.2, 0.25) is 0 Å². The van der Waals surface area contributed by atoms with Crippen molar-refractivity contribution in [2.24, 2.45) is 11.7 Å². The fourth-order valence-electron chi connectivity index (χ4n) is 2.53. The van der Waals surface area contributed by atoms with E-state index in [1.54, 1.807) is 6.26 Å². The van der Waals surface area contributed by atoms with Gasteiger partial charge in [-0.1, -0.05) is 26.7 Å². The molecule has 106 valence electrons. The highest BCUT2D eigenvalue weighted by molar-refractivity contribution is 7.84. The molecule has 4 nitrogen and oxygen atoms in total. The Bertz CT molecular complexity index is 322. The first-order valence-electron chi connectivity index (χ1n) is 6.74. The van der Waals surface area contributed by atoms with Gasteiger partial charge in [-0.05, 0) is 25.2 Å². The van der Waals surface area contributed by atoms with E-state index >= 15 is 0 Å². The maximum absolute atomic E-state index is 12.1. The first-order valence-corrected chi connectivity index (χ1v) is 8.36. The second-order valence-corrected chi connectivity index (χ2v) is 7.51. The largest absolute Gasteiger partial charge is 0.354 e. The molecule has 1 amide bonds. The molecule has 0 aliphatic heterocycles. The third kappa shape index (κ3) is 4.35. The molecule has 0 aromatic carbocycles. The number of rotatable bonds is 5. The van der Waals surface area contributed by atoms with Gasteiger partial charge in [0, 0.05) is 28.9 Å². The van der Waals surface area contributed by atoms with Crippen LogP contribution in [0.3, 0.4) is 0 Å². The molecule has 1 aliphatic carbocycles. The molecule has 0 heterocycles. The lowest BCUT2D eigenvalue weighted by Gasteiger charge is -2.35. The van der Waals surface area contributed by atoms with Crippen LogP contribution in [-0.2, 0) is 15.6 Å². The first kappa shape index (κ1) is 15.6. The quantitative estimate of drug-likeness (QED) is 0.790. The summed E-state index contributed by atoms with van der Waals surface area (Å²) in [5.41, 5.74) is 5.51. The molecule has 0 aromatic rings. The van der Waals surface area contributed by atoms with Crippen LogP contribution in [0.1, 0.15) is 46.0 Å². The summed E-state index contributed by atoms with van der Waals surface area (Å²) in [5.74, 6) is 0.486. The zero-order valence-electron chi connectivity index (χ0n) is 11.7. The molecule has 1 fully saturated rings. The Morgan fingerprint density at radius 3 is 2.83 bits per heavy atom. The summed E-state index contributed by atoms with van der Waals surface area (Å²) in [4.78, 5) is 12.1. The van der Waals surface area contributed by atoms with Crippen molar-refractivity contribution in [2.75, 3.05) is 12.8 Å². The molecule has 0 bridgehead atoms. The predicted molar refractivity (Wildman–Crippen MR) is 75.7 cm³/mol. The lowest BCUT2D eigenvalue weighted by molar-refractivity contribution is -0.128. The van der Waals surface area contributed by atoms with E-state index in [0.29, 0.717) is 12.5 Å². The van der Waals surface area contributed by atoms with E-state index in [1.807, 2.05) is 6.92 Å². The van der Waals surface area contributed by atoms with Crippen molar-refractivity contribution in [1.82, 2.24) is 5.32 Å². The van der Waals surface area contributed by atoms with Gasteiger partial charge in [-0.2, -0.15) is 0 Å². The number of amides is 1. The average Bonchev–Trinajstić information content (AvgIpc) is 2.28. The van der Waals surface area contributed by atoms with E-state index in [4.69, 9.17) is 5.73 Å². The molecule has 5 heteroatoms. The lowest BCUT2D eigenvalue weighted by Crippen LogP contribution is -2.56. The van der Waals surface area contributed by atoms with E-state index in [2.05, 4.69) is 12.2 Å². The summed E-state index contributed by atoms with van der Waals surface area (Å²) >= 11 is 0. The molecule has 18 heavy (non-hydrogen) atoms. The van der Waals surface area contributed by atoms with Crippen molar-refractivity contribution >= 4 is 16.7 Å². The van der Waals surface area contributed by atoms with Gasteiger partial charge in [-0.15, -0.1) is 0 Å². The van der Waals surface area contributed by atoms with Gasteiger partial charge >= 0.3 is 0 Å². The van der Waals surface area contributed by atoms with Crippen LogP contribution in [-0.4, -0.2) is 33.7 Å². The van der Waals surface area contributed by atoms with Crippen LogP contribution in [0.25, 0.3) is 0 Å². The Kier molecular flexibility index (Phi) is 5.79. The molecule has 1 aliphatic rings. The predicted octanol–water partition coefficient (Wildman–Crippen LogP) is 1.17. The molecule has 0 saturated heterocycles. The Balaban J connectivity index is 2.38. The number of carbonyl (C=O) groups excluding carboxylic acids is 1. The van der Waals surface area contributed by atoms with Crippen molar-refractivity contribution in [2.45, 2.75) is 56.7 Å². The van der Waals surface area contributed by atoms with Gasteiger partial charge < -0.3 is 11.1 Å². The lowest BCUT2D eigenvalue weighted by atomic mass is 9.76. The fourth-order valence-corrected chi connectivity index (χ4v) is 2.98. The number of carbonyl (C=O) groups is 1. The number of nitrogens with two attached hydrogens (primary N) is 1. The number of nitrogens with one attached hydrogen (secondary N) is 1. The highest BCUT2D eigenvalue weighted by atomic mass is 32.2. The summed E-state index contributed by atoms with van der Waals surface area (Å²) in [7, 11) is -0.828. The zero-order valence-corrected chi connectivity index (χ0v) is 12.5. The summed E-state index contributed by atoms with van der Waals surface area (Å²) < 4.78 is 11.2. The highest BCUT2D eigenvalue weighted by Gasteiger charge is 2.37. The van der Waals surface area contributed by atoms with Crippen molar-refractivity contribution in [1.29, 1.82) is 0 Å². The van der Waals surface area contributed by atoms with Gasteiger partial charge in [-0.3, -0.25) is 9.00 Å². The van der Waals surface area contributed by atoms with E-state index in [0.717, 1.165) is 32.1 Å². The Hall–Kier alpha value is -0.420. The molecule has 0 aromatic heterocycles. The molecule has 4 unspecified atom stereocenters. The Morgan fingerprint density at radius 1 is 1.61 bits per heavy atom. The maximum Gasteiger partial charge on any atom is 0.240 e. The minimum atomic E-state index is -0.828. The zero-order chi connectivity index (χ0) is 13.8. The molecule has 4 atom stereocenters. The van der Waals surface area contributed by atoms with Crippen molar-refractivity contribution < 1.29 is 9.00 Å². The van der Waals surface area contributed by atoms with Gasteiger partial charge in [0.25, 0.3) is 0 Å². The third-order valence-corrected chi connectivity index (χ3v) is 5.26. The van der Waals surface area contributed by atoms with Crippen molar-refractivity contribution in [3.63, 3.8) is 0 Å². The molecule has 0 radical (unpaired) electrons. The topological polar surface area (TPSA) is 72.2 Å². The number of hydrogen-bond acceptors (Lipinski definition) is 3. The van der Waals surface area contributed by atoms with Crippen LogP contribution >= 0.6 is 0 Å². The normalized spacial score (nSPS) is 31.7. The molecular formula is C13H26N2O2S. The van der Waals surface area contributed by atoms with E-state index in [9.17, 15) is 9.00 Å². The van der Waals surface area contributed by atoms with Gasteiger partial charge in [0.05, 0.1) is 5.54 Å². The molecule has 0 spiro atoms. The SMILES string of the molecule is CC1CCCC(N)(C(=O)NCCC(C)S(C)=O)C1. The Morgan fingerprint density at radius 2 is 2.28 bits per heavy atom. The smallest absolute Gasteiger partial charge is 0.240 e. The summed E-state index contributed by atoms with van der Waals surface area (Å²) in [5, 5.41) is 3.02. The minimum absolute atomic E-state index is 0.0388. The first-order chi connectivity index (χ1) is 8.35. The van der Waals surface area contributed by atoms with Crippen LogP contribution in [0.15, 0.2) is 0 Å². The van der Waals surface area contributed by atoms with Gasteiger partial charge in [0.15, 0.2) is 0 Å². The molecule has 1 saturated carbocycles. The second-order valence-electron chi connectivity index (χ2n) is 5.71. The molecular weight excluding hydrogens is 248 g/mol. The van der Waals surface area contributed by atoms with Crippen LogP contribution in [0.5, 0.6) is 0 Å². The van der Waals surface area contributed by atoms with Crippen LogP contribution in [0, 0.1) is 5.92 Å². The third-order valence-electron chi connectivity index (χ3n) is 3.89. The summed E-state index contributed by atoms with van der Waals surface area (Å²) in [6, 6.07) is 0. The van der Waals surface area contributed by atoms with Gasteiger partial charge in [0.2, 0.25) is 5.91 Å². The maximum atomic E-state index is 12.1. The summed E-state index contributed by atoms with van der Waals surface area (Å²) in [6.45, 7) is 4.65. The summed E-state index contributed by atoms with van der Waals surface area (Å²) in [6.07, 6.45) is 6.17. The van der Waals surface area contributed by atoms with Crippen LogP contribution < -0.4 is 11.1 Å². The Labute approximate surface area is 113 Å². The minimum Gasteiger partial charge on any atom is -0.354 e. The van der Waals surface area contributed by atoms with E-state index in [-0.39, 0.29) is 11.2 Å². The highest BCUT2D eigenvalue weighted by Crippen LogP contribution is 2.30. The van der Waals surface area contributed by atoms with Crippen molar-refractivity contribution in [3.8, 4) is 0 Å². The van der Waals surface area contributed by atoms with Crippen LogP contribution in [0.4, 0.5) is 0 Å². The van der Waals surface area contributed by atoms with E-state index < -0.39 is 16.3 Å². The molecule has 1 rings (SSSR count). The monoisotopic (exact) mass is 274 g/mol. The number of hydrogen-bond donors (Lipinski definition) is 2. The van der Waals surface area contributed by atoms with Gasteiger partial charge in [-0.25, -0.2) is 0 Å². The standard InChI is InChI=1S/C13H26N2O2S/c1-10-5-4-7-13(14,9-10)12(16)15-8-6-11(2)18(3)17/h10-11H,4-9,14H2,1-3H3,(H,15,16). The van der Waals surface area contributed by atoms with Crippen molar-refractivity contribution in [3.05, 3.63) is 0 Å². The fraction of sp³-hybridized carbons (Fsp3) is 0.923. The van der Waals surface area contributed by atoms with Gasteiger partial charge in [0.1, 0.15) is 0 Å². The second kappa shape index (κ2) is 6.66.